The van der Waals surface area contributed by atoms with Crippen molar-refractivity contribution in [2.45, 2.75) is 32.7 Å². The van der Waals surface area contributed by atoms with Crippen LogP contribution in [0.25, 0.3) is 22.0 Å². The second kappa shape index (κ2) is 8.86. The van der Waals surface area contributed by atoms with Crippen LogP contribution in [0.15, 0.2) is 60.8 Å². The van der Waals surface area contributed by atoms with Gasteiger partial charge in [-0.25, -0.2) is 9.78 Å². The van der Waals surface area contributed by atoms with Crippen LogP contribution in [0.5, 0.6) is 0 Å². The molecule has 0 unspecified atom stereocenters. The van der Waals surface area contributed by atoms with E-state index in [4.69, 9.17) is 5.73 Å². The largest absolute Gasteiger partial charge is 0.465 e. The quantitative estimate of drug-likeness (QED) is 0.343. The molecule has 0 aliphatic heterocycles. The van der Waals surface area contributed by atoms with Gasteiger partial charge in [0.15, 0.2) is 5.82 Å². The van der Waals surface area contributed by atoms with E-state index in [2.05, 4.69) is 20.5 Å². The van der Waals surface area contributed by atoms with E-state index in [1.54, 1.807) is 36.5 Å². The van der Waals surface area contributed by atoms with Crippen molar-refractivity contribution in [2.75, 3.05) is 16.0 Å². The van der Waals surface area contributed by atoms with E-state index in [0.717, 1.165) is 22.0 Å². The molecule has 2 aromatic heterocycles. The summed E-state index contributed by atoms with van der Waals surface area (Å²) in [6.45, 7) is 5.45. The van der Waals surface area contributed by atoms with Crippen LogP contribution in [0.4, 0.5) is 22.1 Å². The Kier molecular flexibility index (Phi) is 5.93. The topological polar surface area (TPSA) is 137 Å². The van der Waals surface area contributed by atoms with Gasteiger partial charge in [0.05, 0.1) is 11.9 Å². The number of amides is 2. The number of rotatable bonds is 5. The lowest BCUT2D eigenvalue weighted by Gasteiger charge is -2.33. The van der Waals surface area contributed by atoms with Crippen molar-refractivity contribution in [3.05, 3.63) is 66.4 Å². The molecule has 4 rings (SSSR count). The van der Waals surface area contributed by atoms with Gasteiger partial charge >= 0.3 is 6.09 Å². The van der Waals surface area contributed by atoms with Crippen LogP contribution in [0, 0.1) is 0 Å². The van der Waals surface area contributed by atoms with Crippen molar-refractivity contribution in [2.24, 2.45) is 0 Å². The summed E-state index contributed by atoms with van der Waals surface area (Å²) in [5, 5.41) is 20.2. The third-order valence-corrected chi connectivity index (χ3v) is 5.35. The average Bonchev–Trinajstić information content (AvgIpc) is 3.13. The minimum Gasteiger partial charge on any atom is -0.465 e. The fourth-order valence-corrected chi connectivity index (χ4v) is 3.85. The first-order chi connectivity index (χ1) is 16.1. The minimum atomic E-state index is -1.05. The molecule has 0 saturated carbocycles. The molecule has 9 heteroatoms. The molecule has 5 N–H and O–H groups in total. The van der Waals surface area contributed by atoms with Crippen molar-refractivity contribution in [1.29, 1.82) is 0 Å². The molecule has 174 valence electrons. The normalized spacial score (nSPS) is 11.4. The predicted octanol–water partition coefficient (Wildman–Crippen LogP) is 4.67. The van der Waals surface area contributed by atoms with Gasteiger partial charge in [0, 0.05) is 22.8 Å². The van der Waals surface area contributed by atoms with Crippen LogP contribution in [0.2, 0.25) is 0 Å². The van der Waals surface area contributed by atoms with Crippen LogP contribution in [0.1, 0.15) is 26.3 Å². The lowest BCUT2D eigenvalue weighted by atomic mass is 10.0. The number of nitrogens with zero attached hydrogens (tertiary/aromatic N) is 3. The zero-order chi connectivity index (χ0) is 24.5. The lowest BCUT2D eigenvalue weighted by Crippen LogP contribution is -2.45. The van der Waals surface area contributed by atoms with Crippen molar-refractivity contribution in [3.8, 4) is 11.1 Å². The van der Waals surface area contributed by atoms with E-state index in [1.165, 1.54) is 4.90 Å². The molecule has 0 aliphatic rings. The van der Waals surface area contributed by atoms with Crippen LogP contribution >= 0.6 is 0 Å². The lowest BCUT2D eigenvalue weighted by molar-refractivity contribution is -0.115. The van der Waals surface area contributed by atoms with Gasteiger partial charge in [-0.1, -0.05) is 18.2 Å². The highest BCUT2D eigenvalue weighted by Crippen LogP contribution is 2.28. The highest BCUT2D eigenvalue weighted by molar-refractivity contribution is 5.94. The van der Waals surface area contributed by atoms with E-state index in [-0.39, 0.29) is 12.3 Å². The Hall–Kier alpha value is -4.40. The van der Waals surface area contributed by atoms with E-state index in [1.807, 2.05) is 45.0 Å². The molecule has 2 amide bonds. The zero-order valence-electron chi connectivity index (χ0n) is 19.2. The molecule has 0 aliphatic carbocycles. The number of carbonyl (C=O) groups excluding carboxylic acids is 1. The first kappa shape index (κ1) is 22.8. The molecule has 0 bridgehead atoms. The van der Waals surface area contributed by atoms with Crippen LogP contribution in [-0.4, -0.2) is 37.8 Å². The number of nitrogens with two attached hydrogens (primary N) is 1. The van der Waals surface area contributed by atoms with Crippen LogP contribution in [0.3, 0.4) is 0 Å². The number of carbonyl (C=O) groups is 2. The summed E-state index contributed by atoms with van der Waals surface area (Å²) in [6.07, 6.45) is 0.655. The van der Waals surface area contributed by atoms with Gasteiger partial charge in [0.1, 0.15) is 5.82 Å². The fraction of sp³-hybridized carbons (Fsp3) is 0.200. The van der Waals surface area contributed by atoms with Crippen molar-refractivity contribution < 1.29 is 14.7 Å². The molecular weight excluding hydrogens is 432 g/mol. The number of aromatic nitrogens is 3. The predicted molar refractivity (Wildman–Crippen MR) is 133 cm³/mol. The summed E-state index contributed by atoms with van der Waals surface area (Å²) in [7, 11) is 0. The van der Waals surface area contributed by atoms with Gasteiger partial charge in [-0.05, 0) is 73.9 Å². The number of hydrogen-bond donors (Lipinski definition) is 4. The summed E-state index contributed by atoms with van der Waals surface area (Å²) in [5.41, 5.74) is 9.14. The Bertz CT molecular complexity index is 1370. The molecule has 0 fully saturated rings. The Balaban J connectivity index is 1.51. The monoisotopic (exact) mass is 458 g/mol. The van der Waals surface area contributed by atoms with Gasteiger partial charge in [-0.3, -0.25) is 14.8 Å². The van der Waals surface area contributed by atoms with Crippen LogP contribution < -0.4 is 16.0 Å². The van der Waals surface area contributed by atoms with Crippen molar-refractivity contribution in [3.63, 3.8) is 0 Å². The summed E-state index contributed by atoms with van der Waals surface area (Å²) in [6, 6.07) is 16.4. The number of fused-ring (bicyclic) bond motifs is 1. The second-order valence-electron chi connectivity index (χ2n) is 8.98. The smallest absolute Gasteiger partial charge is 0.412 e. The third-order valence-electron chi connectivity index (χ3n) is 5.35. The number of aromatic amines is 1. The molecule has 34 heavy (non-hydrogen) atoms. The van der Waals surface area contributed by atoms with Gasteiger partial charge < -0.3 is 16.2 Å². The Morgan fingerprint density at radius 2 is 1.85 bits per heavy atom. The van der Waals surface area contributed by atoms with Gasteiger partial charge in [0.25, 0.3) is 0 Å². The number of H-pyrrole nitrogens is 1. The van der Waals surface area contributed by atoms with Gasteiger partial charge in [-0.2, -0.15) is 5.10 Å². The summed E-state index contributed by atoms with van der Waals surface area (Å²) in [4.78, 5) is 30.0. The maximum absolute atomic E-state index is 12.7. The Morgan fingerprint density at radius 3 is 2.59 bits per heavy atom. The molecule has 0 atom stereocenters. The molecule has 9 nitrogen and oxygen atoms in total. The number of carboxylic acid groups (broad SMARTS) is 1. The SMILES string of the molecule is CC(C)(C)N(C(=O)O)c1cccc(CC(=O)Nc2cc(-c3ccc4[nH]nc(N)c4c3)ccn2)c1. The molecule has 0 radical (unpaired) electrons. The molecule has 2 heterocycles. The summed E-state index contributed by atoms with van der Waals surface area (Å²) in [5.74, 6) is 0.587. The molecule has 2 aromatic carbocycles. The fourth-order valence-electron chi connectivity index (χ4n) is 3.85. The number of nitrogen functional groups attached to an aromatic ring is 1. The van der Waals surface area contributed by atoms with Crippen molar-refractivity contribution >= 4 is 40.2 Å². The summed E-state index contributed by atoms with van der Waals surface area (Å²) < 4.78 is 0. The molecule has 0 spiro atoms. The van der Waals surface area contributed by atoms with E-state index in [9.17, 15) is 14.7 Å². The molecule has 4 aromatic rings. The maximum Gasteiger partial charge on any atom is 0.412 e. The number of benzene rings is 2. The minimum absolute atomic E-state index is 0.0782. The zero-order valence-corrected chi connectivity index (χ0v) is 19.2. The first-order valence-electron chi connectivity index (χ1n) is 10.7. The van der Waals surface area contributed by atoms with E-state index < -0.39 is 11.6 Å². The first-order valence-corrected chi connectivity index (χ1v) is 10.7. The molecule has 0 saturated heterocycles. The third kappa shape index (κ3) is 4.83. The van der Waals surface area contributed by atoms with Gasteiger partial charge in [-0.15, -0.1) is 0 Å². The number of nitrogens with one attached hydrogen (secondary N) is 2. The summed E-state index contributed by atoms with van der Waals surface area (Å²) >= 11 is 0. The van der Waals surface area contributed by atoms with Crippen LogP contribution in [-0.2, 0) is 11.2 Å². The highest BCUT2D eigenvalue weighted by Gasteiger charge is 2.28. The number of anilines is 3. The number of hydrogen-bond acceptors (Lipinski definition) is 5. The van der Waals surface area contributed by atoms with E-state index in [0.29, 0.717) is 22.9 Å². The highest BCUT2D eigenvalue weighted by atomic mass is 16.4. The number of pyridine rings is 1. The Morgan fingerprint density at radius 1 is 1.09 bits per heavy atom. The average molecular weight is 459 g/mol. The molecular formula is C25H26N6O3. The second-order valence-corrected chi connectivity index (χ2v) is 8.98. The van der Waals surface area contributed by atoms with E-state index >= 15 is 0 Å². The Labute approximate surface area is 196 Å². The maximum atomic E-state index is 12.7. The standard InChI is InChI=1S/C25H26N6O3/c1-25(2,3)31(24(33)34)18-6-4-5-15(11-18)12-22(32)28-21-14-17(9-10-27-21)16-7-8-20-19(13-16)23(26)30-29-20/h4-11,13-14H,12H2,1-3H3,(H,33,34)(H3,26,29,30)(H,27,28,32). The van der Waals surface area contributed by atoms with Crippen molar-refractivity contribution in [1.82, 2.24) is 15.2 Å². The van der Waals surface area contributed by atoms with Gasteiger partial charge in [0.2, 0.25) is 5.91 Å².